The summed E-state index contributed by atoms with van der Waals surface area (Å²) in [5, 5.41) is 0. The molecule has 0 radical (unpaired) electrons. The van der Waals surface area contributed by atoms with Crippen LogP contribution >= 0.6 is 0 Å². The Morgan fingerprint density at radius 2 is 2.12 bits per heavy atom. The van der Waals surface area contributed by atoms with Gasteiger partial charge in [0, 0.05) is 25.2 Å². The monoisotopic (exact) mass is 232 g/mol. The van der Waals surface area contributed by atoms with Crippen molar-refractivity contribution in [1.29, 1.82) is 0 Å². The van der Waals surface area contributed by atoms with Gasteiger partial charge in [-0.25, -0.2) is 0 Å². The molecule has 2 rings (SSSR count). The summed E-state index contributed by atoms with van der Waals surface area (Å²) >= 11 is 0. The minimum atomic E-state index is 0.262. The third-order valence-corrected chi connectivity index (χ3v) is 3.51. The Labute approximate surface area is 103 Å². The maximum atomic E-state index is 12.0. The summed E-state index contributed by atoms with van der Waals surface area (Å²) in [4.78, 5) is 13.9. The molecule has 1 heterocycles. The molecule has 0 bridgehead atoms. The van der Waals surface area contributed by atoms with E-state index in [1.54, 1.807) is 0 Å². The minimum absolute atomic E-state index is 0.262. The number of para-hydroxylation sites is 1. The highest BCUT2D eigenvalue weighted by atomic mass is 16.2. The number of nitrogen functional groups attached to an aromatic ring is 1. The van der Waals surface area contributed by atoms with Gasteiger partial charge < -0.3 is 10.6 Å². The third kappa shape index (κ3) is 2.99. The van der Waals surface area contributed by atoms with E-state index in [-0.39, 0.29) is 5.91 Å². The molecule has 1 atom stereocenters. The van der Waals surface area contributed by atoms with Gasteiger partial charge in [-0.15, -0.1) is 0 Å². The number of rotatable bonds is 2. The van der Waals surface area contributed by atoms with Gasteiger partial charge in [-0.3, -0.25) is 4.79 Å². The van der Waals surface area contributed by atoms with Crippen molar-refractivity contribution in [1.82, 2.24) is 4.90 Å². The second-order valence-electron chi connectivity index (χ2n) is 4.95. The minimum Gasteiger partial charge on any atom is -0.398 e. The molecule has 3 heteroatoms. The van der Waals surface area contributed by atoms with Gasteiger partial charge in [0.2, 0.25) is 5.91 Å². The fourth-order valence-corrected chi connectivity index (χ4v) is 2.22. The number of benzene rings is 1. The van der Waals surface area contributed by atoms with Crippen LogP contribution in [0.3, 0.4) is 0 Å². The Morgan fingerprint density at radius 3 is 2.88 bits per heavy atom. The number of carbonyl (C=O) groups excluding carboxylic acids is 1. The highest BCUT2D eigenvalue weighted by Crippen LogP contribution is 2.20. The van der Waals surface area contributed by atoms with Crippen molar-refractivity contribution in [3.63, 3.8) is 0 Å². The number of hydrogen-bond donors (Lipinski definition) is 1. The quantitative estimate of drug-likeness (QED) is 0.796. The van der Waals surface area contributed by atoms with Crippen LogP contribution in [0.1, 0.15) is 31.7 Å². The van der Waals surface area contributed by atoms with E-state index in [4.69, 9.17) is 5.73 Å². The Balaban J connectivity index is 2.07. The zero-order valence-electron chi connectivity index (χ0n) is 10.4. The molecular formula is C14H20N2O. The average molecular weight is 232 g/mol. The summed E-state index contributed by atoms with van der Waals surface area (Å²) in [6, 6.07) is 7.78. The lowest BCUT2D eigenvalue weighted by Gasteiger charge is -2.21. The van der Waals surface area contributed by atoms with Gasteiger partial charge in [-0.05, 0) is 30.4 Å². The molecule has 17 heavy (non-hydrogen) atoms. The molecule has 1 aliphatic rings. The van der Waals surface area contributed by atoms with E-state index in [1.807, 2.05) is 29.2 Å². The largest absolute Gasteiger partial charge is 0.398 e. The first-order valence-electron chi connectivity index (χ1n) is 6.28. The van der Waals surface area contributed by atoms with E-state index < -0.39 is 0 Å². The van der Waals surface area contributed by atoms with Crippen LogP contribution in [-0.2, 0) is 11.3 Å². The van der Waals surface area contributed by atoms with E-state index in [9.17, 15) is 4.79 Å². The normalized spacial score (nSPS) is 21.4. The molecule has 0 saturated carbocycles. The zero-order valence-corrected chi connectivity index (χ0v) is 10.4. The summed E-state index contributed by atoms with van der Waals surface area (Å²) in [6.07, 6.45) is 2.78. The lowest BCUT2D eigenvalue weighted by atomic mass is 10.0. The maximum Gasteiger partial charge on any atom is 0.222 e. The Kier molecular flexibility index (Phi) is 3.67. The Morgan fingerprint density at radius 1 is 1.35 bits per heavy atom. The van der Waals surface area contributed by atoms with Gasteiger partial charge >= 0.3 is 0 Å². The summed E-state index contributed by atoms with van der Waals surface area (Å²) in [7, 11) is 0. The van der Waals surface area contributed by atoms with Gasteiger partial charge in [0.1, 0.15) is 0 Å². The molecule has 1 unspecified atom stereocenters. The number of likely N-dealkylation sites (tertiary alicyclic amines) is 1. The number of nitrogens with zero attached hydrogens (tertiary/aromatic N) is 1. The summed E-state index contributed by atoms with van der Waals surface area (Å²) in [5.74, 6) is 0.912. The first-order chi connectivity index (χ1) is 8.16. The maximum absolute atomic E-state index is 12.0. The van der Waals surface area contributed by atoms with Gasteiger partial charge in [0.25, 0.3) is 0 Å². The van der Waals surface area contributed by atoms with Gasteiger partial charge in [0.15, 0.2) is 0 Å². The SMILES string of the molecule is CC1CCC(=O)N(Cc2ccccc2N)CC1. The molecule has 0 spiro atoms. The molecule has 1 amide bonds. The molecule has 92 valence electrons. The van der Waals surface area contributed by atoms with E-state index in [0.29, 0.717) is 18.9 Å². The number of carbonyl (C=O) groups is 1. The van der Waals surface area contributed by atoms with Crippen LogP contribution in [-0.4, -0.2) is 17.4 Å². The first kappa shape index (κ1) is 12.0. The molecule has 3 nitrogen and oxygen atoms in total. The second kappa shape index (κ2) is 5.21. The van der Waals surface area contributed by atoms with Crippen LogP contribution in [0.2, 0.25) is 0 Å². The van der Waals surface area contributed by atoms with Gasteiger partial charge in [-0.2, -0.15) is 0 Å². The van der Waals surface area contributed by atoms with Crippen molar-refractivity contribution in [2.45, 2.75) is 32.7 Å². The fraction of sp³-hybridized carbons (Fsp3) is 0.500. The fourth-order valence-electron chi connectivity index (χ4n) is 2.22. The number of hydrogen-bond acceptors (Lipinski definition) is 2. The molecule has 0 aromatic heterocycles. The van der Waals surface area contributed by atoms with E-state index >= 15 is 0 Å². The van der Waals surface area contributed by atoms with Crippen LogP contribution < -0.4 is 5.73 Å². The molecule has 2 N–H and O–H groups in total. The summed E-state index contributed by atoms with van der Waals surface area (Å²) in [5.41, 5.74) is 7.74. The molecule has 1 aromatic carbocycles. The van der Waals surface area contributed by atoms with Crippen LogP contribution in [0.25, 0.3) is 0 Å². The average Bonchev–Trinajstić information content (AvgIpc) is 2.47. The second-order valence-corrected chi connectivity index (χ2v) is 4.95. The molecule has 1 fully saturated rings. The van der Waals surface area contributed by atoms with Crippen molar-refractivity contribution in [2.24, 2.45) is 5.92 Å². The topological polar surface area (TPSA) is 46.3 Å². The number of anilines is 1. The van der Waals surface area contributed by atoms with E-state index in [2.05, 4.69) is 6.92 Å². The first-order valence-corrected chi connectivity index (χ1v) is 6.28. The lowest BCUT2D eigenvalue weighted by molar-refractivity contribution is -0.131. The van der Waals surface area contributed by atoms with Gasteiger partial charge in [0.05, 0.1) is 0 Å². The molecule has 1 aliphatic heterocycles. The summed E-state index contributed by atoms with van der Waals surface area (Å²) in [6.45, 7) is 3.72. The van der Waals surface area contributed by atoms with Crippen LogP contribution in [0.15, 0.2) is 24.3 Å². The lowest BCUT2D eigenvalue weighted by Crippen LogP contribution is -2.30. The van der Waals surface area contributed by atoms with Crippen molar-refractivity contribution in [3.8, 4) is 0 Å². The molecule has 0 aliphatic carbocycles. The molecular weight excluding hydrogens is 212 g/mol. The van der Waals surface area contributed by atoms with E-state index in [1.165, 1.54) is 0 Å². The smallest absolute Gasteiger partial charge is 0.222 e. The van der Waals surface area contributed by atoms with Crippen LogP contribution in [0.5, 0.6) is 0 Å². The van der Waals surface area contributed by atoms with Gasteiger partial charge in [-0.1, -0.05) is 25.1 Å². The molecule has 1 aromatic rings. The highest BCUT2D eigenvalue weighted by molar-refractivity contribution is 5.76. The predicted molar refractivity (Wildman–Crippen MR) is 69.3 cm³/mol. The third-order valence-electron chi connectivity index (χ3n) is 3.51. The number of amides is 1. The predicted octanol–water partition coefficient (Wildman–Crippen LogP) is 2.42. The van der Waals surface area contributed by atoms with Crippen molar-refractivity contribution in [2.75, 3.05) is 12.3 Å². The number of nitrogens with two attached hydrogens (primary N) is 1. The molecule has 1 saturated heterocycles. The Hall–Kier alpha value is -1.51. The van der Waals surface area contributed by atoms with Crippen LogP contribution in [0.4, 0.5) is 5.69 Å². The van der Waals surface area contributed by atoms with Crippen LogP contribution in [0, 0.1) is 5.92 Å². The van der Waals surface area contributed by atoms with Crippen molar-refractivity contribution >= 4 is 11.6 Å². The van der Waals surface area contributed by atoms with Crippen molar-refractivity contribution < 1.29 is 4.79 Å². The summed E-state index contributed by atoms with van der Waals surface area (Å²) < 4.78 is 0. The van der Waals surface area contributed by atoms with E-state index in [0.717, 1.165) is 30.6 Å². The highest BCUT2D eigenvalue weighted by Gasteiger charge is 2.20. The zero-order chi connectivity index (χ0) is 12.3. The van der Waals surface area contributed by atoms with Crippen molar-refractivity contribution in [3.05, 3.63) is 29.8 Å². The Bertz CT molecular complexity index is 403. The standard InChI is InChI=1S/C14H20N2O/c1-11-6-7-14(17)16(9-8-11)10-12-4-2-3-5-13(12)15/h2-5,11H,6-10,15H2,1H3.